The molecule has 1 aliphatic heterocycles. The summed E-state index contributed by atoms with van der Waals surface area (Å²) in [5, 5.41) is 6.27. The predicted molar refractivity (Wildman–Crippen MR) is 95.4 cm³/mol. The van der Waals surface area contributed by atoms with Gasteiger partial charge >= 0.3 is 0 Å². The summed E-state index contributed by atoms with van der Waals surface area (Å²) in [5.41, 5.74) is 1.80. The zero-order valence-electron chi connectivity index (χ0n) is 13.2. The van der Waals surface area contributed by atoms with Gasteiger partial charge in [-0.3, -0.25) is 4.79 Å². The Kier molecular flexibility index (Phi) is 4.04. The molecule has 0 unspecified atom stereocenters. The molecule has 0 spiro atoms. The van der Waals surface area contributed by atoms with E-state index in [0.29, 0.717) is 31.3 Å². The molecule has 0 bridgehead atoms. The first-order chi connectivity index (χ1) is 11.6. The van der Waals surface area contributed by atoms with Gasteiger partial charge in [0.1, 0.15) is 4.83 Å². The Balaban J connectivity index is 1.75. The van der Waals surface area contributed by atoms with Gasteiger partial charge in [-0.1, -0.05) is 17.7 Å². The number of hydrogen-bond donors (Lipinski definition) is 0. The van der Waals surface area contributed by atoms with Gasteiger partial charge in [0.2, 0.25) is 0 Å². The highest BCUT2D eigenvalue weighted by atomic mass is 35.5. The number of thiophene rings is 1. The lowest BCUT2D eigenvalue weighted by atomic mass is 10.3. The summed E-state index contributed by atoms with van der Waals surface area (Å²) in [6.45, 7) is 4.45. The predicted octanol–water partition coefficient (Wildman–Crippen LogP) is 3.52. The number of morpholine rings is 1. The van der Waals surface area contributed by atoms with E-state index in [9.17, 15) is 4.79 Å². The van der Waals surface area contributed by atoms with Crippen molar-refractivity contribution in [1.82, 2.24) is 14.7 Å². The van der Waals surface area contributed by atoms with Gasteiger partial charge in [-0.25, -0.2) is 4.68 Å². The van der Waals surface area contributed by atoms with Crippen molar-refractivity contribution in [2.45, 2.75) is 6.92 Å². The molecule has 4 rings (SSSR count). The number of nitrogens with zero attached hydrogens (tertiary/aromatic N) is 3. The van der Waals surface area contributed by atoms with Crippen LogP contribution >= 0.6 is 22.9 Å². The zero-order valence-corrected chi connectivity index (χ0v) is 14.7. The topological polar surface area (TPSA) is 47.4 Å². The van der Waals surface area contributed by atoms with Crippen LogP contribution in [0.15, 0.2) is 30.3 Å². The van der Waals surface area contributed by atoms with Crippen molar-refractivity contribution in [3.63, 3.8) is 0 Å². The van der Waals surface area contributed by atoms with Crippen LogP contribution in [-0.4, -0.2) is 46.9 Å². The second-order valence-electron chi connectivity index (χ2n) is 5.71. The van der Waals surface area contributed by atoms with Crippen LogP contribution in [0.1, 0.15) is 15.4 Å². The highest BCUT2D eigenvalue weighted by Crippen LogP contribution is 2.31. The molecule has 1 aliphatic rings. The van der Waals surface area contributed by atoms with E-state index in [1.807, 2.05) is 46.8 Å². The van der Waals surface area contributed by atoms with E-state index in [2.05, 4.69) is 5.10 Å². The molecular weight excluding hydrogens is 346 g/mol. The van der Waals surface area contributed by atoms with Crippen LogP contribution in [0.2, 0.25) is 5.02 Å². The maximum Gasteiger partial charge on any atom is 0.264 e. The number of fused-ring (bicyclic) bond motifs is 1. The first kappa shape index (κ1) is 15.6. The number of aromatic nitrogens is 2. The molecule has 24 heavy (non-hydrogen) atoms. The Bertz CT molecular complexity index is 912. The Morgan fingerprint density at radius 3 is 2.83 bits per heavy atom. The maximum absolute atomic E-state index is 12.7. The highest BCUT2D eigenvalue weighted by molar-refractivity contribution is 7.20. The van der Waals surface area contributed by atoms with Gasteiger partial charge in [-0.15, -0.1) is 11.3 Å². The summed E-state index contributed by atoms with van der Waals surface area (Å²) < 4.78 is 7.18. The molecule has 1 fully saturated rings. The summed E-state index contributed by atoms with van der Waals surface area (Å²) in [6, 6.07) is 9.51. The van der Waals surface area contributed by atoms with E-state index >= 15 is 0 Å². The van der Waals surface area contributed by atoms with Gasteiger partial charge in [0, 0.05) is 23.5 Å². The standard InChI is InChI=1S/C17H16ClN3O2S/c1-11-14-10-15(16(22)20-5-7-23-8-6-20)24-17(14)21(19-11)13-4-2-3-12(18)9-13/h2-4,9-10H,5-8H2,1H3. The minimum atomic E-state index is 0.0662. The quantitative estimate of drug-likeness (QED) is 0.701. The Morgan fingerprint density at radius 1 is 1.29 bits per heavy atom. The SMILES string of the molecule is Cc1nn(-c2cccc(Cl)c2)c2sc(C(=O)N3CCOCC3)cc12. The molecule has 0 atom stereocenters. The van der Waals surface area contributed by atoms with E-state index in [1.165, 1.54) is 11.3 Å². The normalized spacial score (nSPS) is 15.2. The van der Waals surface area contributed by atoms with E-state index in [4.69, 9.17) is 16.3 Å². The number of aryl methyl sites for hydroxylation is 1. The third-order valence-electron chi connectivity index (χ3n) is 4.11. The van der Waals surface area contributed by atoms with Gasteiger partial charge in [0.15, 0.2) is 0 Å². The van der Waals surface area contributed by atoms with Crippen LogP contribution in [0.3, 0.4) is 0 Å². The molecule has 5 nitrogen and oxygen atoms in total. The van der Waals surface area contributed by atoms with Crippen LogP contribution in [0, 0.1) is 6.92 Å². The molecule has 124 valence electrons. The monoisotopic (exact) mass is 361 g/mol. The number of amides is 1. The van der Waals surface area contributed by atoms with Crippen LogP contribution in [0.5, 0.6) is 0 Å². The van der Waals surface area contributed by atoms with Crippen molar-refractivity contribution in [3.8, 4) is 5.69 Å². The van der Waals surface area contributed by atoms with Gasteiger partial charge < -0.3 is 9.64 Å². The minimum Gasteiger partial charge on any atom is -0.378 e. The molecule has 7 heteroatoms. The second-order valence-corrected chi connectivity index (χ2v) is 7.18. The fourth-order valence-corrected chi connectivity index (χ4v) is 4.19. The average Bonchev–Trinajstić information content (AvgIpc) is 3.16. The van der Waals surface area contributed by atoms with Crippen LogP contribution in [0.25, 0.3) is 15.9 Å². The lowest BCUT2D eigenvalue weighted by Crippen LogP contribution is -2.40. The molecule has 0 radical (unpaired) electrons. The van der Waals surface area contributed by atoms with Crippen LogP contribution in [0.4, 0.5) is 0 Å². The third kappa shape index (κ3) is 2.70. The molecule has 1 amide bonds. The summed E-state index contributed by atoms with van der Waals surface area (Å²) in [7, 11) is 0. The molecule has 0 aliphatic carbocycles. The lowest BCUT2D eigenvalue weighted by Gasteiger charge is -2.26. The highest BCUT2D eigenvalue weighted by Gasteiger charge is 2.22. The van der Waals surface area contributed by atoms with Crippen molar-refractivity contribution < 1.29 is 9.53 Å². The third-order valence-corrected chi connectivity index (χ3v) is 5.44. The number of carbonyl (C=O) groups is 1. The molecular formula is C17H16ClN3O2S. The summed E-state index contributed by atoms with van der Waals surface area (Å²) >= 11 is 7.57. The summed E-state index contributed by atoms with van der Waals surface area (Å²) in [4.78, 5) is 16.3. The van der Waals surface area contributed by atoms with E-state index < -0.39 is 0 Å². The lowest BCUT2D eigenvalue weighted by molar-refractivity contribution is 0.0306. The fraction of sp³-hybridized carbons (Fsp3) is 0.294. The molecule has 2 aromatic heterocycles. The van der Waals surface area contributed by atoms with Gasteiger partial charge in [0.05, 0.1) is 29.5 Å². The molecule has 3 aromatic rings. The smallest absolute Gasteiger partial charge is 0.264 e. The number of carbonyl (C=O) groups excluding carboxylic acids is 1. The first-order valence-electron chi connectivity index (χ1n) is 7.75. The van der Waals surface area contributed by atoms with Crippen molar-refractivity contribution in [2.75, 3.05) is 26.3 Å². The second kappa shape index (κ2) is 6.20. The van der Waals surface area contributed by atoms with Gasteiger partial charge in [0.25, 0.3) is 5.91 Å². The van der Waals surface area contributed by atoms with E-state index in [-0.39, 0.29) is 5.91 Å². The average molecular weight is 362 g/mol. The van der Waals surface area contributed by atoms with Gasteiger partial charge in [-0.05, 0) is 31.2 Å². The Labute approximate surface area is 148 Å². The van der Waals surface area contributed by atoms with Crippen molar-refractivity contribution >= 4 is 39.1 Å². The molecule has 3 heterocycles. The van der Waals surface area contributed by atoms with Crippen molar-refractivity contribution in [2.24, 2.45) is 0 Å². The molecule has 1 saturated heterocycles. The Hall–Kier alpha value is -1.89. The fourth-order valence-electron chi connectivity index (χ4n) is 2.86. The summed E-state index contributed by atoms with van der Waals surface area (Å²) in [6.07, 6.45) is 0. The summed E-state index contributed by atoms with van der Waals surface area (Å²) in [5.74, 6) is 0.0662. The van der Waals surface area contributed by atoms with Gasteiger partial charge in [-0.2, -0.15) is 5.10 Å². The number of rotatable bonds is 2. The zero-order chi connectivity index (χ0) is 16.7. The van der Waals surface area contributed by atoms with Crippen molar-refractivity contribution in [3.05, 3.63) is 45.9 Å². The van der Waals surface area contributed by atoms with Crippen LogP contribution < -0.4 is 0 Å². The first-order valence-corrected chi connectivity index (χ1v) is 8.95. The largest absolute Gasteiger partial charge is 0.378 e. The Morgan fingerprint density at radius 2 is 2.08 bits per heavy atom. The number of halogens is 1. The van der Waals surface area contributed by atoms with E-state index in [0.717, 1.165) is 26.5 Å². The number of benzene rings is 1. The molecule has 1 aromatic carbocycles. The number of hydrogen-bond acceptors (Lipinski definition) is 4. The molecule has 0 saturated carbocycles. The van der Waals surface area contributed by atoms with Crippen LogP contribution in [-0.2, 0) is 4.74 Å². The van der Waals surface area contributed by atoms with Crippen molar-refractivity contribution in [1.29, 1.82) is 0 Å². The maximum atomic E-state index is 12.7. The van der Waals surface area contributed by atoms with E-state index in [1.54, 1.807) is 0 Å². The minimum absolute atomic E-state index is 0.0662. The number of ether oxygens (including phenoxy) is 1. The molecule has 0 N–H and O–H groups in total.